The van der Waals surface area contributed by atoms with E-state index in [-0.39, 0.29) is 25.7 Å². The third-order valence-corrected chi connectivity index (χ3v) is 14.5. The highest BCUT2D eigenvalue weighted by Crippen LogP contribution is 2.45. The zero-order valence-electron chi connectivity index (χ0n) is 46.8. The number of carbonyl (C=O) groups excluding carboxylic acids is 4. The van der Waals surface area contributed by atoms with Gasteiger partial charge in [-0.1, -0.05) is 220 Å². The maximum atomic E-state index is 12.9. The van der Waals surface area contributed by atoms with Crippen LogP contribution in [0.4, 0.5) is 0 Å². The standard InChI is InChI=1S/C55H106O17P2/c1-5-9-13-17-20-23-24-25-27-30-34-38-42-55(60)72-51(46-66-53(58)40-36-32-29-26-21-18-14-10-6-2)48-70-74(63,64)68-44-49(56)43-67-73(61,62)69-47-50(45-65-52(57)39-35-31-16-12-8-4)71-54(59)41-37-33-28-22-19-15-11-7-3/h49-51,56H,5-48H2,1-4H3,(H,61,62)(H,63,64)/t49-,50+,51+/m0/s1. The molecule has 0 fully saturated rings. The highest BCUT2D eigenvalue weighted by atomic mass is 31.2. The summed E-state index contributed by atoms with van der Waals surface area (Å²) in [6, 6.07) is 0. The summed E-state index contributed by atoms with van der Waals surface area (Å²) in [4.78, 5) is 71.4. The fourth-order valence-electron chi connectivity index (χ4n) is 8.04. The van der Waals surface area contributed by atoms with Crippen molar-refractivity contribution < 1.29 is 80.2 Å². The molecule has 17 nitrogen and oxygen atoms in total. The topological polar surface area (TPSA) is 237 Å². The molecule has 0 radical (unpaired) electrons. The minimum absolute atomic E-state index is 0.104. The van der Waals surface area contributed by atoms with E-state index in [2.05, 4.69) is 27.7 Å². The van der Waals surface area contributed by atoms with Gasteiger partial charge in [0.05, 0.1) is 26.4 Å². The van der Waals surface area contributed by atoms with Crippen LogP contribution in [0.5, 0.6) is 0 Å². The first-order chi connectivity index (χ1) is 35.7. The molecule has 5 atom stereocenters. The number of esters is 4. The summed E-state index contributed by atoms with van der Waals surface area (Å²) in [6.45, 7) is 4.69. The van der Waals surface area contributed by atoms with E-state index in [1.807, 2.05) is 0 Å². The molecule has 0 saturated carbocycles. The molecular formula is C55H106O17P2. The van der Waals surface area contributed by atoms with Crippen molar-refractivity contribution in [2.45, 2.75) is 290 Å². The first-order valence-electron chi connectivity index (χ1n) is 29.3. The molecule has 0 rings (SSSR count). The average Bonchev–Trinajstić information content (AvgIpc) is 3.37. The van der Waals surface area contributed by atoms with Crippen molar-refractivity contribution >= 4 is 39.5 Å². The second-order valence-electron chi connectivity index (χ2n) is 20.0. The van der Waals surface area contributed by atoms with E-state index in [0.29, 0.717) is 25.7 Å². The van der Waals surface area contributed by atoms with E-state index >= 15 is 0 Å². The van der Waals surface area contributed by atoms with E-state index < -0.39 is 97.5 Å². The molecule has 0 spiro atoms. The van der Waals surface area contributed by atoms with Crippen LogP contribution in [0.1, 0.15) is 272 Å². The number of aliphatic hydroxyl groups is 1. The predicted molar refractivity (Wildman–Crippen MR) is 289 cm³/mol. The number of rotatable bonds is 56. The van der Waals surface area contributed by atoms with Gasteiger partial charge < -0.3 is 33.8 Å². The van der Waals surface area contributed by atoms with Crippen LogP contribution in [0.3, 0.4) is 0 Å². The number of phosphoric ester groups is 2. The average molecular weight is 1100 g/mol. The molecule has 438 valence electrons. The third kappa shape index (κ3) is 49.6. The summed E-state index contributed by atoms with van der Waals surface area (Å²) in [7, 11) is -9.85. The van der Waals surface area contributed by atoms with Gasteiger partial charge in [0.1, 0.15) is 19.3 Å². The quantitative estimate of drug-likeness (QED) is 0.0222. The smallest absolute Gasteiger partial charge is 0.462 e. The Morgan fingerprint density at radius 1 is 0.324 bits per heavy atom. The number of aliphatic hydroxyl groups excluding tert-OH is 1. The summed E-state index contributed by atoms with van der Waals surface area (Å²) in [6.07, 6.45) is 32.4. The van der Waals surface area contributed by atoms with Crippen molar-refractivity contribution in [3.63, 3.8) is 0 Å². The molecule has 19 heteroatoms. The zero-order chi connectivity index (χ0) is 54.8. The van der Waals surface area contributed by atoms with Crippen molar-refractivity contribution in [2.24, 2.45) is 0 Å². The highest BCUT2D eigenvalue weighted by molar-refractivity contribution is 7.47. The summed E-state index contributed by atoms with van der Waals surface area (Å²) < 4.78 is 67.3. The van der Waals surface area contributed by atoms with Crippen LogP contribution < -0.4 is 0 Å². The van der Waals surface area contributed by atoms with Crippen molar-refractivity contribution in [3.8, 4) is 0 Å². The fraction of sp³-hybridized carbons (Fsp3) is 0.927. The molecule has 0 aromatic heterocycles. The Balaban J connectivity index is 5.17. The summed E-state index contributed by atoms with van der Waals surface area (Å²) >= 11 is 0. The lowest BCUT2D eigenvalue weighted by molar-refractivity contribution is -0.161. The maximum Gasteiger partial charge on any atom is 0.472 e. The minimum Gasteiger partial charge on any atom is -0.462 e. The number of hydrogen-bond acceptors (Lipinski definition) is 15. The lowest BCUT2D eigenvalue weighted by atomic mass is 10.0. The van der Waals surface area contributed by atoms with Gasteiger partial charge in [-0.15, -0.1) is 0 Å². The van der Waals surface area contributed by atoms with Gasteiger partial charge in [0.15, 0.2) is 12.2 Å². The molecular weight excluding hydrogens is 995 g/mol. The first kappa shape index (κ1) is 72.1. The number of unbranched alkanes of at least 4 members (excludes halogenated alkanes) is 30. The van der Waals surface area contributed by atoms with Crippen molar-refractivity contribution in [1.82, 2.24) is 0 Å². The van der Waals surface area contributed by atoms with Crippen LogP contribution in [-0.2, 0) is 65.4 Å². The molecule has 0 saturated heterocycles. The molecule has 0 aliphatic carbocycles. The number of carbonyl (C=O) groups is 4. The van der Waals surface area contributed by atoms with E-state index in [0.717, 1.165) is 103 Å². The van der Waals surface area contributed by atoms with Gasteiger partial charge in [-0.25, -0.2) is 9.13 Å². The van der Waals surface area contributed by atoms with Crippen LogP contribution in [0.15, 0.2) is 0 Å². The monoisotopic (exact) mass is 1100 g/mol. The van der Waals surface area contributed by atoms with Crippen LogP contribution in [0.2, 0.25) is 0 Å². The Kier molecular flexibility index (Phi) is 49.2. The first-order valence-corrected chi connectivity index (χ1v) is 32.3. The molecule has 0 aromatic rings. The van der Waals surface area contributed by atoms with Gasteiger partial charge in [0.2, 0.25) is 0 Å². The Morgan fingerprint density at radius 3 is 0.797 bits per heavy atom. The number of hydrogen-bond donors (Lipinski definition) is 3. The molecule has 3 N–H and O–H groups in total. The van der Waals surface area contributed by atoms with E-state index in [9.17, 15) is 43.2 Å². The van der Waals surface area contributed by atoms with Crippen LogP contribution in [-0.4, -0.2) is 96.7 Å². The Morgan fingerprint density at radius 2 is 0.541 bits per heavy atom. The predicted octanol–water partition coefficient (Wildman–Crippen LogP) is 14.4. The second kappa shape index (κ2) is 50.6. The summed E-state index contributed by atoms with van der Waals surface area (Å²) in [5.74, 6) is -2.16. The van der Waals surface area contributed by atoms with Gasteiger partial charge in [-0.05, 0) is 25.7 Å². The third-order valence-electron chi connectivity index (χ3n) is 12.6. The lowest BCUT2D eigenvalue weighted by Gasteiger charge is -2.21. The zero-order valence-corrected chi connectivity index (χ0v) is 48.6. The lowest BCUT2D eigenvalue weighted by Crippen LogP contribution is -2.30. The van der Waals surface area contributed by atoms with Crippen molar-refractivity contribution in [2.75, 3.05) is 39.6 Å². The van der Waals surface area contributed by atoms with Gasteiger partial charge in [0.25, 0.3) is 0 Å². The van der Waals surface area contributed by atoms with Gasteiger partial charge in [-0.3, -0.25) is 37.3 Å². The van der Waals surface area contributed by atoms with Crippen LogP contribution >= 0.6 is 15.6 Å². The normalized spacial score (nSPS) is 14.4. The fourth-order valence-corrected chi connectivity index (χ4v) is 9.62. The molecule has 0 aliphatic rings. The van der Waals surface area contributed by atoms with Crippen LogP contribution in [0, 0.1) is 0 Å². The van der Waals surface area contributed by atoms with Crippen molar-refractivity contribution in [3.05, 3.63) is 0 Å². The number of ether oxygens (including phenoxy) is 4. The van der Waals surface area contributed by atoms with Gasteiger partial charge in [0, 0.05) is 25.7 Å². The number of phosphoric acid groups is 2. The van der Waals surface area contributed by atoms with Gasteiger partial charge in [-0.2, -0.15) is 0 Å². The minimum atomic E-state index is -4.93. The highest BCUT2D eigenvalue weighted by Gasteiger charge is 2.30. The molecule has 0 bridgehead atoms. The van der Waals surface area contributed by atoms with Crippen LogP contribution in [0.25, 0.3) is 0 Å². The van der Waals surface area contributed by atoms with E-state index in [1.165, 1.54) is 89.9 Å². The Bertz CT molecular complexity index is 1450. The SMILES string of the molecule is CCCCCCCCCCCCCCC(=O)O[C@H](COC(=O)CCCCCCCCCCC)COP(=O)(O)OC[C@@H](O)COP(=O)(O)OC[C@@H](COC(=O)CCCCCCC)OC(=O)CCCCCCCCCC. The largest absolute Gasteiger partial charge is 0.472 e. The maximum absolute atomic E-state index is 12.9. The Labute approximate surface area is 447 Å². The van der Waals surface area contributed by atoms with Crippen molar-refractivity contribution in [1.29, 1.82) is 0 Å². The van der Waals surface area contributed by atoms with E-state index in [4.69, 9.17) is 37.0 Å². The summed E-state index contributed by atoms with van der Waals surface area (Å²) in [5, 5.41) is 10.4. The second-order valence-corrected chi connectivity index (χ2v) is 22.9. The Hall–Kier alpha value is -1.94. The molecule has 0 amide bonds. The van der Waals surface area contributed by atoms with E-state index in [1.54, 1.807) is 0 Å². The molecule has 2 unspecified atom stereocenters. The molecule has 74 heavy (non-hydrogen) atoms. The molecule has 0 aliphatic heterocycles. The van der Waals surface area contributed by atoms with Gasteiger partial charge >= 0.3 is 39.5 Å². The summed E-state index contributed by atoms with van der Waals surface area (Å²) in [5.41, 5.74) is 0. The molecule has 0 aromatic carbocycles. The molecule has 0 heterocycles.